The minimum absolute atomic E-state index is 0.859. The van der Waals surface area contributed by atoms with Crippen LogP contribution in [0.25, 0.3) is 0 Å². The molecule has 13 heavy (non-hydrogen) atoms. The zero-order chi connectivity index (χ0) is 8.67. The van der Waals surface area contributed by atoms with Crippen molar-refractivity contribution in [1.82, 2.24) is 0 Å². The first-order valence-electron chi connectivity index (χ1n) is 5.28. The van der Waals surface area contributed by atoms with Gasteiger partial charge in [-0.25, -0.2) is 0 Å². The Kier molecular flexibility index (Phi) is 1.58. The third kappa shape index (κ3) is 1.06. The number of hydrogen-bond acceptors (Lipinski definition) is 1. The molecule has 1 saturated carbocycles. The van der Waals surface area contributed by atoms with Gasteiger partial charge < -0.3 is 5.32 Å². The molecule has 0 unspecified atom stereocenters. The molecule has 0 bridgehead atoms. The second kappa shape index (κ2) is 2.76. The number of fused-ring (bicyclic) bond motifs is 3. The van der Waals surface area contributed by atoms with E-state index < -0.39 is 0 Å². The highest BCUT2D eigenvalue weighted by Crippen LogP contribution is 2.44. The van der Waals surface area contributed by atoms with E-state index in [0.717, 1.165) is 11.8 Å². The van der Waals surface area contributed by atoms with E-state index in [9.17, 15) is 0 Å². The summed E-state index contributed by atoms with van der Waals surface area (Å²) in [5.41, 5.74) is 2.95. The van der Waals surface area contributed by atoms with Gasteiger partial charge >= 0.3 is 0 Å². The first-order chi connectivity index (χ1) is 6.45. The lowest BCUT2D eigenvalue weighted by atomic mass is 9.85. The average molecular weight is 173 g/mol. The lowest BCUT2D eigenvalue weighted by molar-refractivity contribution is 0.495. The van der Waals surface area contributed by atoms with Crippen LogP contribution in [0.4, 0.5) is 5.69 Å². The second-order valence-electron chi connectivity index (χ2n) is 4.27. The standard InChI is InChI=1S/C12H15N/c1-2-7-12-11(5-1)10-6-3-4-9(10)8-13-12/h1-2,5,7,9-10,13H,3-4,6,8H2/t9-,10-/m1/s1. The molecule has 0 radical (unpaired) electrons. The van der Waals surface area contributed by atoms with E-state index in [4.69, 9.17) is 0 Å². The average Bonchev–Trinajstić information content (AvgIpc) is 2.65. The summed E-state index contributed by atoms with van der Waals surface area (Å²) in [7, 11) is 0. The van der Waals surface area contributed by atoms with Crippen LogP contribution in [0, 0.1) is 5.92 Å². The molecule has 0 saturated heterocycles. The maximum atomic E-state index is 3.53. The van der Waals surface area contributed by atoms with Crippen molar-refractivity contribution in [2.45, 2.75) is 25.2 Å². The van der Waals surface area contributed by atoms with E-state index in [1.165, 1.54) is 31.5 Å². The summed E-state index contributed by atoms with van der Waals surface area (Å²) in [6, 6.07) is 8.80. The lowest BCUT2D eigenvalue weighted by Crippen LogP contribution is -2.23. The van der Waals surface area contributed by atoms with E-state index in [0.29, 0.717) is 0 Å². The monoisotopic (exact) mass is 173 g/mol. The zero-order valence-electron chi connectivity index (χ0n) is 7.79. The van der Waals surface area contributed by atoms with E-state index in [1.54, 1.807) is 5.56 Å². The molecular weight excluding hydrogens is 158 g/mol. The molecule has 1 heterocycles. The molecule has 0 aromatic heterocycles. The molecule has 68 valence electrons. The van der Waals surface area contributed by atoms with Crippen LogP contribution in [0.5, 0.6) is 0 Å². The van der Waals surface area contributed by atoms with Gasteiger partial charge in [0.05, 0.1) is 0 Å². The highest BCUT2D eigenvalue weighted by atomic mass is 14.9. The van der Waals surface area contributed by atoms with Gasteiger partial charge in [0, 0.05) is 12.2 Å². The van der Waals surface area contributed by atoms with Crippen LogP contribution in [0.3, 0.4) is 0 Å². The number of para-hydroxylation sites is 1. The molecule has 3 rings (SSSR count). The van der Waals surface area contributed by atoms with Crippen LogP contribution >= 0.6 is 0 Å². The van der Waals surface area contributed by atoms with Gasteiger partial charge in [-0.1, -0.05) is 24.6 Å². The Balaban J connectivity index is 2.06. The number of benzene rings is 1. The van der Waals surface area contributed by atoms with Gasteiger partial charge in [0.1, 0.15) is 0 Å². The second-order valence-corrected chi connectivity index (χ2v) is 4.27. The van der Waals surface area contributed by atoms with Gasteiger partial charge in [0.25, 0.3) is 0 Å². The van der Waals surface area contributed by atoms with Crippen molar-refractivity contribution in [2.75, 3.05) is 11.9 Å². The van der Waals surface area contributed by atoms with Crippen LogP contribution in [0.1, 0.15) is 30.7 Å². The minimum Gasteiger partial charge on any atom is -0.385 e. The van der Waals surface area contributed by atoms with E-state index in [2.05, 4.69) is 29.6 Å². The Hall–Kier alpha value is -0.980. The van der Waals surface area contributed by atoms with Gasteiger partial charge in [0.15, 0.2) is 0 Å². The maximum absolute atomic E-state index is 3.53. The molecule has 1 aromatic rings. The Labute approximate surface area is 79.2 Å². The van der Waals surface area contributed by atoms with Crippen molar-refractivity contribution in [1.29, 1.82) is 0 Å². The third-order valence-corrected chi connectivity index (χ3v) is 3.57. The number of rotatable bonds is 0. The molecule has 2 aliphatic rings. The van der Waals surface area contributed by atoms with Crippen molar-refractivity contribution in [3.8, 4) is 0 Å². The van der Waals surface area contributed by atoms with Gasteiger partial charge in [-0.05, 0) is 36.3 Å². The molecule has 2 atom stereocenters. The summed E-state index contributed by atoms with van der Waals surface area (Å²) in [5, 5.41) is 3.53. The summed E-state index contributed by atoms with van der Waals surface area (Å²) >= 11 is 0. The van der Waals surface area contributed by atoms with E-state index in [1.807, 2.05) is 0 Å². The predicted octanol–water partition coefficient (Wildman–Crippen LogP) is 3.00. The van der Waals surface area contributed by atoms with E-state index >= 15 is 0 Å². The topological polar surface area (TPSA) is 12.0 Å². The van der Waals surface area contributed by atoms with Crippen molar-refractivity contribution in [3.05, 3.63) is 29.8 Å². The number of nitrogens with one attached hydrogen (secondary N) is 1. The summed E-state index contributed by atoms with van der Waals surface area (Å²) in [4.78, 5) is 0. The quantitative estimate of drug-likeness (QED) is 0.636. The largest absolute Gasteiger partial charge is 0.385 e. The molecule has 1 aliphatic heterocycles. The smallest absolute Gasteiger partial charge is 0.0375 e. The van der Waals surface area contributed by atoms with Crippen LogP contribution < -0.4 is 5.32 Å². The number of hydrogen-bond donors (Lipinski definition) is 1. The zero-order valence-corrected chi connectivity index (χ0v) is 7.79. The van der Waals surface area contributed by atoms with Crippen LogP contribution in [0.2, 0.25) is 0 Å². The normalized spacial score (nSPS) is 30.5. The SMILES string of the molecule is c1ccc2c(c1)NC[C@H]1CCC[C@@H]21. The maximum Gasteiger partial charge on any atom is 0.0375 e. The highest BCUT2D eigenvalue weighted by Gasteiger charge is 2.32. The fraction of sp³-hybridized carbons (Fsp3) is 0.500. The first kappa shape index (κ1) is 7.43. The highest BCUT2D eigenvalue weighted by molar-refractivity contribution is 5.55. The van der Waals surface area contributed by atoms with E-state index in [-0.39, 0.29) is 0 Å². The molecule has 1 fully saturated rings. The van der Waals surface area contributed by atoms with Gasteiger partial charge in [0.2, 0.25) is 0 Å². The molecule has 1 N–H and O–H groups in total. The van der Waals surface area contributed by atoms with Crippen LogP contribution in [-0.4, -0.2) is 6.54 Å². The van der Waals surface area contributed by atoms with Crippen molar-refractivity contribution in [2.24, 2.45) is 5.92 Å². The van der Waals surface area contributed by atoms with Gasteiger partial charge in [-0.3, -0.25) is 0 Å². The lowest BCUT2D eigenvalue weighted by Gasteiger charge is -2.29. The molecule has 0 spiro atoms. The molecule has 1 aliphatic carbocycles. The van der Waals surface area contributed by atoms with Crippen molar-refractivity contribution >= 4 is 5.69 Å². The molecule has 0 amide bonds. The molecule has 1 heteroatoms. The molecule has 1 nitrogen and oxygen atoms in total. The minimum atomic E-state index is 0.859. The first-order valence-corrected chi connectivity index (χ1v) is 5.28. The van der Waals surface area contributed by atoms with Gasteiger partial charge in [-0.15, -0.1) is 0 Å². The van der Waals surface area contributed by atoms with Gasteiger partial charge in [-0.2, -0.15) is 0 Å². The van der Waals surface area contributed by atoms with Crippen molar-refractivity contribution < 1.29 is 0 Å². The Bertz CT molecular complexity index is 319. The summed E-state index contributed by atoms with van der Waals surface area (Å²) in [6.07, 6.45) is 4.25. The summed E-state index contributed by atoms with van der Waals surface area (Å²) in [6.45, 7) is 1.20. The van der Waals surface area contributed by atoms with Crippen LogP contribution in [0.15, 0.2) is 24.3 Å². The molecule has 1 aromatic carbocycles. The van der Waals surface area contributed by atoms with Crippen molar-refractivity contribution in [3.63, 3.8) is 0 Å². The fourth-order valence-electron chi connectivity index (χ4n) is 2.91. The van der Waals surface area contributed by atoms with Crippen LogP contribution in [-0.2, 0) is 0 Å². The Morgan fingerprint density at radius 2 is 2.08 bits per heavy atom. The molecular formula is C12H15N. The Morgan fingerprint density at radius 1 is 1.15 bits per heavy atom. The fourth-order valence-corrected chi connectivity index (χ4v) is 2.91. The summed E-state index contributed by atoms with van der Waals surface area (Å²) < 4.78 is 0. The third-order valence-electron chi connectivity index (χ3n) is 3.57. The predicted molar refractivity (Wildman–Crippen MR) is 55.0 cm³/mol. The Morgan fingerprint density at radius 3 is 3.08 bits per heavy atom. The number of anilines is 1. The summed E-state index contributed by atoms with van der Waals surface area (Å²) in [5.74, 6) is 1.77.